The SMILES string of the molecule is COCCN(CCC(C)C1CCCNC1)C1CC1. The molecule has 2 rings (SSSR count). The van der Waals surface area contributed by atoms with Crippen molar-refractivity contribution < 1.29 is 4.74 Å². The van der Waals surface area contributed by atoms with Gasteiger partial charge in [0, 0.05) is 19.7 Å². The Morgan fingerprint density at radius 2 is 2.11 bits per heavy atom. The Balaban J connectivity index is 1.67. The van der Waals surface area contributed by atoms with Gasteiger partial charge < -0.3 is 10.1 Å². The second kappa shape index (κ2) is 7.46. The molecule has 1 aliphatic heterocycles. The third kappa shape index (κ3) is 4.52. The maximum Gasteiger partial charge on any atom is 0.0589 e. The molecule has 2 fully saturated rings. The average molecular weight is 254 g/mol. The number of rotatable bonds is 8. The van der Waals surface area contributed by atoms with Crippen LogP contribution in [0.4, 0.5) is 0 Å². The molecule has 0 aromatic rings. The highest BCUT2D eigenvalue weighted by atomic mass is 16.5. The van der Waals surface area contributed by atoms with Gasteiger partial charge in [-0.2, -0.15) is 0 Å². The summed E-state index contributed by atoms with van der Waals surface area (Å²) in [4.78, 5) is 2.65. The first-order valence-corrected chi connectivity index (χ1v) is 7.75. The Hall–Kier alpha value is -0.120. The molecule has 18 heavy (non-hydrogen) atoms. The van der Waals surface area contributed by atoms with E-state index in [9.17, 15) is 0 Å². The molecule has 0 aromatic heterocycles. The van der Waals surface area contributed by atoms with E-state index in [0.29, 0.717) is 0 Å². The third-order valence-corrected chi connectivity index (χ3v) is 4.66. The van der Waals surface area contributed by atoms with E-state index in [4.69, 9.17) is 4.74 Å². The normalized spacial score (nSPS) is 26.5. The highest BCUT2D eigenvalue weighted by Crippen LogP contribution is 2.28. The number of ether oxygens (including phenoxy) is 1. The van der Waals surface area contributed by atoms with Crippen molar-refractivity contribution in [3.63, 3.8) is 0 Å². The largest absolute Gasteiger partial charge is 0.383 e. The van der Waals surface area contributed by atoms with Crippen LogP contribution in [0.1, 0.15) is 39.0 Å². The number of hydrogen-bond acceptors (Lipinski definition) is 3. The second-order valence-electron chi connectivity index (χ2n) is 6.13. The zero-order chi connectivity index (χ0) is 12.8. The molecule has 106 valence electrons. The van der Waals surface area contributed by atoms with Gasteiger partial charge in [0.1, 0.15) is 0 Å². The lowest BCUT2D eigenvalue weighted by Crippen LogP contribution is -2.36. The van der Waals surface area contributed by atoms with Crippen molar-refractivity contribution in [1.82, 2.24) is 10.2 Å². The molecule has 3 nitrogen and oxygen atoms in total. The second-order valence-corrected chi connectivity index (χ2v) is 6.13. The molecule has 0 amide bonds. The van der Waals surface area contributed by atoms with Crippen molar-refractivity contribution >= 4 is 0 Å². The summed E-state index contributed by atoms with van der Waals surface area (Å²) in [5, 5.41) is 3.54. The average Bonchev–Trinajstić information content (AvgIpc) is 3.24. The maximum absolute atomic E-state index is 5.22. The monoisotopic (exact) mass is 254 g/mol. The molecule has 0 bridgehead atoms. The molecule has 1 aliphatic carbocycles. The smallest absolute Gasteiger partial charge is 0.0589 e. The summed E-state index contributed by atoms with van der Waals surface area (Å²) in [5.74, 6) is 1.77. The lowest BCUT2D eigenvalue weighted by atomic mass is 9.85. The first-order chi connectivity index (χ1) is 8.81. The highest BCUT2D eigenvalue weighted by molar-refractivity contribution is 4.85. The van der Waals surface area contributed by atoms with Crippen LogP contribution in [0.5, 0.6) is 0 Å². The molecule has 0 aromatic carbocycles. The predicted molar refractivity (Wildman–Crippen MR) is 75.8 cm³/mol. The molecule has 2 unspecified atom stereocenters. The van der Waals surface area contributed by atoms with Crippen LogP contribution in [0.15, 0.2) is 0 Å². The minimum absolute atomic E-state index is 0.863. The van der Waals surface area contributed by atoms with Crippen LogP contribution in [0.3, 0.4) is 0 Å². The van der Waals surface area contributed by atoms with Crippen LogP contribution in [-0.2, 0) is 4.74 Å². The van der Waals surface area contributed by atoms with E-state index < -0.39 is 0 Å². The maximum atomic E-state index is 5.22. The standard InChI is InChI=1S/C15H30N2O/c1-13(14-4-3-8-16-12-14)7-9-17(10-11-18-2)15-5-6-15/h13-16H,3-12H2,1-2H3. The van der Waals surface area contributed by atoms with Crippen molar-refractivity contribution in [3.05, 3.63) is 0 Å². The van der Waals surface area contributed by atoms with Crippen molar-refractivity contribution in [2.75, 3.05) is 39.9 Å². The Morgan fingerprint density at radius 3 is 2.72 bits per heavy atom. The zero-order valence-corrected chi connectivity index (χ0v) is 12.2. The van der Waals surface area contributed by atoms with Gasteiger partial charge >= 0.3 is 0 Å². The number of hydrogen-bond donors (Lipinski definition) is 1. The summed E-state index contributed by atoms with van der Waals surface area (Å²) in [5.41, 5.74) is 0. The fourth-order valence-electron chi connectivity index (χ4n) is 3.09. The number of nitrogens with zero attached hydrogens (tertiary/aromatic N) is 1. The van der Waals surface area contributed by atoms with Crippen LogP contribution in [0.25, 0.3) is 0 Å². The van der Waals surface area contributed by atoms with Crippen LogP contribution in [-0.4, -0.2) is 50.8 Å². The lowest BCUT2D eigenvalue weighted by Gasteiger charge is -2.30. The summed E-state index contributed by atoms with van der Waals surface area (Å²) in [6, 6.07) is 0.872. The summed E-state index contributed by atoms with van der Waals surface area (Å²) in [7, 11) is 1.81. The van der Waals surface area contributed by atoms with Gasteiger partial charge in [0.05, 0.1) is 6.61 Å². The molecule has 0 spiro atoms. The molecule has 1 N–H and O–H groups in total. The molecule has 2 atom stereocenters. The minimum atomic E-state index is 0.863. The fourth-order valence-corrected chi connectivity index (χ4v) is 3.09. The molecule has 1 saturated carbocycles. The fraction of sp³-hybridized carbons (Fsp3) is 1.00. The van der Waals surface area contributed by atoms with E-state index in [1.807, 2.05) is 0 Å². The van der Waals surface area contributed by atoms with Crippen molar-refractivity contribution in [1.29, 1.82) is 0 Å². The van der Waals surface area contributed by atoms with Gasteiger partial charge in [0.25, 0.3) is 0 Å². The molecule has 3 heteroatoms. The highest BCUT2D eigenvalue weighted by Gasteiger charge is 2.29. The van der Waals surface area contributed by atoms with Crippen molar-refractivity contribution in [3.8, 4) is 0 Å². The van der Waals surface area contributed by atoms with Gasteiger partial charge in [-0.1, -0.05) is 6.92 Å². The molecular weight excluding hydrogens is 224 g/mol. The van der Waals surface area contributed by atoms with E-state index >= 15 is 0 Å². The number of nitrogens with one attached hydrogen (secondary N) is 1. The van der Waals surface area contributed by atoms with E-state index in [1.54, 1.807) is 7.11 Å². The molecule has 0 radical (unpaired) electrons. The number of methoxy groups -OCH3 is 1. The van der Waals surface area contributed by atoms with E-state index in [2.05, 4.69) is 17.1 Å². The summed E-state index contributed by atoms with van der Waals surface area (Å²) < 4.78 is 5.22. The third-order valence-electron chi connectivity index (χ3n) is 4.66. The van der Waals surface area contributed by atoms with E-state index in [-0.39, 0.29) is 0 Å². The summed E-state index contributed by atoms with van der Waals surface area (Å²) in [6.07, 6.45) is 6.96. The Kier molecular flexibility index (Phi) is 5.93. The lowest BCUT2D eigenvalue weighted by molar-refractivity contribution is 0.134. The van der Waals surface area contributed by atoms with Gasteiger partial charge in [0.2, 0.25) is 0 Å². The van der Waals surface area contributed by atoms with Gasteiger partial charge in [0.15, 0.2) is 0 Å². The topological polar surface area (TPSA) is 24.5 Å². The predicted octanol–water partition coefficient (Wildman–Crippen LogP) is 2.12. The van der Waals surface area contributed by atoms with Crippen LogP contribution in [0, 0.1) is 11.8 Å². The van der Waals surface area contributed by atoms with Crippen molar-refractivity contribution in [2.24, 2.45) is 11.8 Å². The number of piperidine rings is 1. The van der Waals surface area contributed by atoms with E-state index in [0.717, 1.165) is 31.0 Å². The Morgan fingerprint density at radius 1 is 1.28 bits per heavy atom. The zero-order valence-electron chi connectivity index (χ0n) is 12.2. The molecular formula is C15H30N2O. The molecule has 1 heterocycles. The molecule has 2 aliphatic rings. The van der Waals surface area contributed by atoms with E-state index in [1.165, 1.54) is 51.7 Å². The van der Waals surface area contributed by atoms with Crippen LogP contribution < -0.4 is 5.32 Å². The summed E-state index contributed by atoms with van der Waals surface area (Å²) in [6.45, 7) is 8.19. The molecule has 1 saturated heterocycles. The quantitative estimate of drug-likeness (QED) is 0.718. The van der Waals surface area contributed by atoms with Gasteiger partial charge in [-0.25, -0.2) is 0 Å². The van der Waals surface area contributed by atoms with Gasteiger partial charge in [-0.05, 0) is 63.6 Å². The summed E-state index contributed by atoms with van der Waals surface area (Å²) >= 11 is 0. The van der Waals surface area contributed by atoms with Crippen LogP contribution >= 0.6 is 0 Å². The van der Waals surface area contributed by atoms with Gasteiger partial charge in [-0.3, -0.25) is 4.90 Å². The Labute approximate surface area is 112 Å². The van der Waals surface area contributed by atoms with Crippen molar-refractivity contribution in [2.45, 2.75) is 45.1 Å². The first-order valence-electron chi connectivity index (χ1n) is 7.75. The minimum Gasteiger partial charge on any atom is -0.383 e. The van der Waals surface area contributed by atoms with Crippen LogP contribution in [0.2, 0.25) is 0 Å². The first kappa shape index (κ1) is 14.3. The van der Waals surface area contributed by atoms with Gasteiger partial charge in [-0.15, -0.1) is 0 Å². The Bertz CT molecular complexity index is 225.